The maximum absolute atomic E-state index is 10.6. The number of nitrogen functional groups attached to an aromatic ring is 1. The smallest absolute Gasteiger partial charge is 0.218 e. The summed E-state index contributed by atoms with van der Waals surface area (Å²) in [6, 6.07) is 7.63. The molecule has 1 aromatic carbocycles. The van der Waals surface area contributed by atoms with Gasteiger partial charge in [-0.05, 0) is 12.1 Å². The Balaban J connectivity index is 2.07. The van der Waals surface area contributed by atoms with Gasteiger partial charge in [-0.2, -0.15) is 11.8 Å². The molecular weight excluding hydrogens is 248 g/mol. The predicted octanol–water partition coefficient (Wildman–Crippen LogP) is 1.32. The van der Waals surface area contributed by atoms with E-state index in [2.05, 4.69) is 9.97 Å². The fraction of sp³-hybridized carbons (Fsp3) is 0.250. The van der Waals surface area contributed by atoms with E-state index in [0.29, 0.717) is 29.6 Å². The summed E-state index contributed by atoms with van der Waals surface area (Å²) in [7, 11) is 0. The van der Waals surface area contributed by atoms with Gasteiger partial charge in [-0.1, -0.05) is 12.1 Å². The second kappa shape index (κ2) is 5.68. The highest BCUT2D eigenvalue weighted by molar-refractivity contribution is 7.98. The maximum atomic E-state index is 10.6. The number of para-hydroxylation sites is 1. The van der Waals surface area contributed by atoms with Crippen molar-refractivity contribution in [1.29, 1.82) is 0 Å². The average Bonchev–Trinajstić information content (AvgIpc) is 2.35. The highest BCUT2D eigenvalue weighted by Crippen LogP contribution is 2.19. The molecule has 0 fully saturated rings. The molecular formula is C12H14N4OS. The summed E-state index contributed by atoms with van der Waals surface area (Å²) in [4.78, 5) is 19.3. The minimum absolute atomic E-state index is 0.290. The van der Waals surface area contributed by atoms with Crippen LogP contribution in [-0.2, 0) is 10.5 Å². The first-order chi connectivity index (χ1) is 8.66. The van der Waals surface area contributed by atoms with Crippen LogP contribution in [0.15, 0.2) is 24.3 Å². The summed E-state index contributed by atoms with van der Waals surface area (Å²) >= 11 is 1.57. The molecule has 18 heavy (non-hydrogen) atoms. The Labute approximate surface area is 109 Å². The molecule has 0 spiro atoms. The predicted molar refractivity (Wildman–Crippen MR) is 73.9 cm³/mol. The van der Waals surface area contributed by atoms with Gasteiger partial charge >= 0.3 is 0 Å². The molecule has 5 nitrogen and oxygen atoms in total. The summed E-state index contributed by atoms with van der Waals surface area (Å²) in [5.74, 6) is 2.18. The van der Waals surface area contributed by atoms with E-state index in [4.69, 9.17) is 11.5 Å². The maximum Gasteiger partial charge on any atom is 0.218 e. The number of aromatic nitrogens is 2. The van der Waals surface area contributed by atoms with E-state index < -0.39 is 0 Å². The number of carbonyl (C=O) groups excluding carboxylic acids is 1. The number of primary amides is 1. The van der Waals surface area contributed by atoms with Crippen molar-refractivity contribution in [1.82, 2.24) is 9.97 Å². The second-order valence-corrected chi connectivity index (χ2v) is 4.92. The fourth-order valence-corrected chi connectivity index (χ4v) is 2.35. The first-order valence-electron chi connectivity index (χ1n) is 5.54. The fourth-order valence-electron chi connectivity index (χ4n) is 1.55. The molecule has 0 atom stereocenters. The lowest BCUT2D eigenvalue weighted by Gasteiger charge is -2.04. The number of fused-ring (bicyclic) bond motifs is 1. The summed E-state index contributed by atoms with van der Waals surface area (Å²) in [6.45, 7) is 0. The van der Waals surface area contributed by atoms with Crippen molar-refractivity contribution in [2.75, 3.05) is 11.5 Å². The van der Waals surface area contributed by atoms with Crippen LogP contribution in [0.3, 0.4) is 0 Å². The lowest BCUT2D eigenvalue weighted by atomic mass is 10.2. The number of thioether (sulfide) groups is 1. The molecule has 0 aliphatic rings. The van der Waals surface area contributed by atoms with Gasteiger partial charge in [-0.15, -0.1) is 0 Å². The molecule has 94 valence electrons. The minimum Gasteiger partial charge on any atom is -0.383 e. The number of benzene rings is 1. The van der Waals surface area contributed by atoms with Crippen molar-refractivity contribution in [2.45, 2.75) is 12.2 Å². The Hall–Kier alpha value is -1.82. The topological polar surface area (TPSA) is 94.9 Å². The van der Waals surface area contributed by atoms with Crippen LogP contribution in [0.1, 0.15) is 12.2 Å². The zero-order valence-electron chi connectivity index (χ0n) is 9.80. The molecule has 0 bridgehead atoms. The molecule has 2 rings (SSSR count). The first kappa shape index (κ1) is 12.6. The van der Waals surface area contributed by atoms with Crippen molar-refractivity contribution in [2.24, 2.45) is 5.73 Å². The number of hydrogen-bond donors (Lipinski definition) is 2. The molecule has 1 amide bonds. The number of nitrogens with two attached hydrogens (primary N) is 2. The second-order valence-electron chi connectivity index (χ2n) is 3.81. The third-order valence-corrected chi connectivity index (χ3v) is 3.36. The quantitative estimate of drug-likeness (QED) is 0.792. The Kier molecular flexibility index (Phi) is 3.99. The summed E-state index contributed by atoms with van der Waals surface area (Å²) in [6.07, 6.45) is 0.369. The van der Waals surface area contributed by atoms with Gasteiger partial charge in [-0.25, -0.2) is 9.97 Å². The standard InChI is InChI=1S/C12H14N4OS/c13-10(17)5-6-18-7-11-15-9-4-2-1-3-8(9)12(14)16-11/h1-4H,5-7H2,(H2,13,17)(H2,14,15,16). The molecule has 1 heterocycles. The molecule has 0 aliphatic heterocycles. The van der Waals surface area contributed by atoms with E-state index in [1.54, 1.807) is 11.8 Å². The Morgan fingerprint density at radius 2 is 2.06 bits per heavy atom. The number of hydrogen-bond acceptors (Lipinski definition) is 5. The molecule has 4 N–H and O–H groups in total. The summed E-state index contributed by atoms with van der Waals surface area (Å²) in [5.41, 5.74) is 11.8. The SMILES string of the molecule is NC(=O)CCSCc1nc(N)c2ccccc2n1. The van der Waals surface area contributed by atoms with Crippen LogP contribution < -0.4 is 11.5 Å². The molecule has 6 heteroatoms. The van der Waals surface area contributed by atoms with Crippen molar-refractivity contribution >= 4 is 34.4 Å². The highest BCUT2D eigenvalue weighted by atomic mass is 32.2. The lowest BCUT2D eigenvalue weighted by Crippen LogP contribution is -2.11. The number of amides is 1. The first-order valence-corrected chi connectivity index (χ1v) is 6.69. The number of carbonyl (C=O) groups is 1. The van der Waals surface area contributed by atoms with Gasteiger partial charge in [0.1, 0.15) is 11.6 Å². The zero-order valence-corrected chi connectivity index (χ0v) is 10.6. The number of rotatable bonds is 5. The van der Waals surface area contributed by atoms with E-state index in [1.807, 2.05) is 24.3 Å². The molecule has 1 aromatic heterocycles. The molecule has 0 saturated heterocycles. The lowest BCUT2D eigenvalue weighted by molar-refractivity contribution is -0.117. The van der Waals surface area contributed by atoms with Gasteiger partial charge in [-0.3, -0.25) is 4.79 Å². The highest BCUT2D eigenvalue weighted by Gasteiger charge is 2.05. The van der Waals surface area contributed by atoms with Gasteiger partial charge < -0.3 is 11.5 Å². The Bertz CT molecular complexity index is 573. The molecule has 0 unspecified atom stereocenters. The van der Waals surface area contributed by atoms with Crippen LogP contribution in [-0.4, -0.2) is 21.6 Å². The number of nitrogens with zero attached hydrogens (tertiary/aromatic N) is 2. The van der Waals surface area contributed by atoms with Crippen LogP contribution in [0.5, 0.6) is 0 Å². The van der Waals surface area contributed by atoms with Crippen molar-refractivity contribution < 1.29 is 4.79 Å². The van der Waals surface area contributed by atoms with Crippen LogP contribution >= 0.6 is 11.8 Å². The minimum atomic E-state index is -0.290. The Morgan fingerprint density at radius 1 is 1.28 bits per heavy atom. The van der Waals surface area contributed by atoms with E-state index >= 15 is 0 Å². The molecule has 0 radical (unpaired) electrons. The van der Waals surface area contributed by atoms with E-state index in [1.165, 1.54) is 0 Å². The molecule has 0 saturated carbocycles. The summed E-state index contributed by atoms with van der Waals surface area (Å²) in [5, 5.41) is 0.864. The zero-order chi connectivity index (χ0) is 13.0. The van der Waals surface area contributed by atoms with Gasteiger partial charge in [0.25, 0.3) is 0 Å². The number of anilines is 1. The normalized spacial score (nSPS) is 10.7. The molecule has 2 aromatic rings. The van der Waals surface area contributed by atoms with E-state index in [0.717, 1.165) is 10.9 Å². The van der Waals surface area contributed by atoms with E-state index in [9.17, 15) is 4.79 Å². The van der Waals surface area contributed by atoms with Crippen molar-refractivity contribution in [3.8, 4) is 0 Å². The van der Waals surface area contributed by atoms with Crippen LogP contribution in [0.2, 0.25) is 0 Å². The average molecular weight is 262 g/mol. The van der Waals surface area contributed by atoms with Crippen LogP contribution in [0, 0.1) is 0 Å². The van der Waals surface area contributed by atoms with Gasteiger partial charge in [0.2, 0.25) is 5.91 Å². The summed E-state index contributed by atoms with van der Waals surface area (Å²) < 4.78 is 0. The van der Waals surface area contributed by atoms with Gasteiger partial charge in [0, 0.05) is 17.6 Å². The monoisotopic (exact) mass is 262 g/mol. The van der Waals surface area contributed by atoms with Gasteiger partial charge in [0.05, 0.1) is 11.3 Å². The third-order valence-electron chi connectivity index (χ3n) is 2.40. The Morgan fingerprint density at radius 3 is 2.83 bits per heavy atom. The van der Waals surface area contributed by atoms with Crippen LogP contribution in [0.25, 0.3) is 10.9 Å². The molecule has 0 aliphatic carbocycles. The van der Waals surface area contributed by atoms with Crippen molar-refractivity contribution in [3.63, 3.8) is 0 Å². The van der Waals surface area contributed by atoms with Crippen LogP contribution in [0.4, 0.5) is 5.82 Å². The largest absolute Gasteiger partial charge is 0.383 e. The van der Waals surface area contributed by atoms with Gasteiger partial charge in [0.15, 0.2) is 0 Å². The third kappa shape index (κ3) is 3.10. The van der Waals surface area contributed by atoms with E-state index in [-0.39, 0.29) is 5.91 Å². The van der Waals surface area contributed by atoms with Crippen molar-refractivity contribution in [3.05, 3.63) is 30.1 Å².